The second kappa shape index (κ2) is 6.37. The summed E-state index contributed by atoms with van der Waals surface area (Å²) in [6, 6.07) is 17.6. The van der Waals surface area contributed by atoms with Crippen LogP contribution in [0, 0.1) is 17.8 Å². The Morgan fingerprint density at radius 2 is 1.79 bits per heavy atom. The van der Waals surface area contributed by atoms with E-state index in [4.69, 9.17) is 0 Å². The summed E-state index contributed by atoms with van der Waals surface area (Å²) < 4.78 is 0. The summed E-state index contributed by atoms with van der Waals surface area (Å²) in [5.41, 5.74) is 4.54. The van der Waals surface area contributed by atoms with Crippen molar-refractivity contribution in [3.8, 4) is 0 Å². The molecule has 1 heterocycles. The molecule has 28 heavy (non-hydrogen) atoms. The second-order valence-electron chi connectivity index (χ2n) is 9.98. The molecule has 3 nitrogen and oxygen atoms in total. The van der Waals surface area contributed by atoms with E-state index in [0.717, 1.165) is 17.4 Å². The first-order valence-corrected chi connectivity index (χ1v) is 10.7. The van der Waals surface area contributed by atoms with Gasteiger partial charge in [-0.3, -0.25) is 4.79 Å². The Bertz CT molecular complexity index is 899. The van der Waals surface area contributed by atoms with Gasteiger partial charge in [-0.25, -0.2) is 0 Å². The summed E-state index contributed by atoms with van der Waals surface area (Å²) in [5.74, 6) is 2.80. The predicted molar refractivity (Wildman–Crippen MR) is 114 cm³/mol. The van der Waals surface area contributed by atoms with E-state index in [0.29, 0.717) is 17.9 Å². The molecule has 2 fully saturated rings. The number of amides is 1. The lowest BCUT2D eigenvalue weighted by Gasteiger charge is -2.43. The highest BCUT2D eigenvalue weighted by molar-refractivity contribution is 5.95. The Morgan fingerprint density at radius 3 is 2.54 bits per heavy atom. The lowest BCUT2D eigenvalue weighted by molar-refractivity contribution is 0.0919. The molecule has 0 aromatic heterocycles. The fourth-order valence-corrected chi connectivity index (χ4v) is 6.03. The topological polar surface area (TPSA) is 41.1 Å². The Kier molecular flexibility index (Phi) is 4.04. The quantitative estimate of drug-likeness (QED) is 0.727. The minimum Gasteiger partial charge on any atom is -0.378 e. The first-order chi connectivity index (χ1) is 13.4. The smallest absolute Gasteiger partial charge is 0.251 e. The lowest BCUT2D eigenvalue weighted by Crippen LogP contribution is -2.41. The van der Waals surface area contributed by atoms with Gasteiger partial charge in [0.2, 0.25) is 0 Å². The van der Waals surface area contributed by atoms with Crippen molar-refractivity contribution in [3.63, 3.8) is 0 Å². The van der Waals surface area contributed by atoms with Gasteiger partial charge in [0.1, 0.15) is 0 Å². The Morgan fingerprint density at radius 1 is 1.04 bits per heavy atom. The third-order valence-electron chi connectivity index (χ3n) is 7.00. The molecule has 3 heteroatoms. The molecule has 146 valence electrons. The van der Waals surface area contributed by atoms with Gasteiger partial charge < -0.3 is 10.6 Å². The normalized spacial score (nSPS) is 30.3. The van der Waals surface area contributed by atoms with E-state index in [1.165, 1.54) is 36.1 Å². The van der Waals surface area contributed by atoms with Gasteiger partial charge in [-0.1, -0.05) is 30.3 Å². The Balaban J connectivity index is 1.54. The zero-order valence-electron chi connectivity index (χ0n) is 17.0. The minimum absolute atomic E-state index is 0.0280. The monoisotopic (exact) mass is 374 g/mol. The first kappa shape index (κ1) is 17.8. The molecule has 2 aliphatic carbocycles. The molecule has 2 bridgehead atoms. The van der Waals surface area contributed by atoms with E-state index in [-0.39, 0.29) is 11.4 Å². The number of carbonyl (C=O) groups excluding carboxylic acids is 1. The van der Waals surface area contributed by atoms with Crippen molar-refractivity contribution >= 4 is 11.6 Å². The van der Waals surface area contributed by atoms with Crippen molar-refractivity contribution < 1.29 is 4.79 Å². The van der Waals surface area contributed by atoms with Crippen molar-refractivity contribution in [3.05, 3.63) is 65.2 Å². The van der Waals surface area contributed by atoms with Crippen LogP contribution < -0.4 is 10.6 Å². The molecule has 2 saturated carbocycles. The van der Waals surface area contributed by atoms with Crippen LogP contribution in [-0.4, -0.2) is 11.4 Å². The molecule has 0 saturated heterocycles. The van der Waals surface area contributed by atoms with E-state index in [1.54, 1.807) is 0 Å². The maximum Gasteiger partial charge on any atom is 0.251 e. The molecular weight excluding hydrogens is 344 g/mol. The molecule has 2 aromatic carbocycles. The second-order valence-corrected chi connectivity index (χ2v) is 9.98. The lowest BCUT2D eigenvalue weighted by atomic mass is 9.68. The molecule has 1 aliphatic heterocycles. The number of rotatable bonds is 2. The van der Waals surface area contributed by atoms with Crippen molar-refractivity contribution in [2.24, 2.45) is 17.8 Å². The molecule has 5 rings (SSSR count). The summed E-state index contributed by atoms with van der Waals surface area (Å²) in [4.78, 5) is 12.8. The first-order valence-electron chi connectivity index (χ1n) is 10.7. The average Bonchev–Trinajstić information content (AvgIpc) is 3.29. The summed E-state index contributed by atoms with van der Waals surface area (Å²) in [7, 11) is 0. The molecule has 1 amide bonds. The number of benzene rings is 2. The van der Waals surface area contributed by atoms with Gasteiger partial charge in [0.05, 0.1) is 6.04 Å². The van der Waals surface area contributed by atoms with Crippen LogP contribution in [0.5, 0.6) is 0 Å². The number of anilines is 1. The third-order valence-corrected chi connectivity index (χ3v) is 7.00. The van der Waals surface area contributed by atoms with Crippen LogP contribution in [0.25, 0.3) is 0 Å². The highest BCUT2D eigenvalue weighted by Crippen LogP contribution is 2.63. The average molecular weight is 375 g/mol. The molecule has 0 spiro atoms. The van der Waals surface area contributed by atoms with Crippen LogP contribution in [0.1, 0.15) is 73.5 Å². The van der Waals surface area contributed by atoms with E-state index in [2.05, 4.69) is 53.1 Å². The fourth-order valence-electron chi connectivity index (χ4n) is 6.03. The number of fused-ring (bicyclic) bond motifs is 7. The predicted octanol–water partition coefficient (Wildman–Crippen LogP) is 5.51. The van der Waals surface area contributed by atoms with Crippen molar-refractivity contribution in [2.45, 2.75) is 57.5 Å². The molecule has 3 aliphatic rings. The van der Waals surface area contributed by atoms with E-state index < -0.39 is 0 Å². The Labute approximate surface area is 167 Å². The van der Waals surface area contributed by atoms with Crippen LogP contribution in [0.2, 0.25) is 0 Å². The zero-order valence-corrected chi connectivity index (χ0v) is 17.0. The largest absolute Gasteiger partial charge is 0.378 e. The highest BCUT2D eigenvalue weighted by atomic mass is 16.1. The van der Waals surface area contributed by atoms with Crippen LogP contribution in [0.3, 0.4) is 0 Å². The maximum atomic E-state index is 12.8. The van der Waals surface area contributed by atoms with Gasteiger partial charge in [-0.05, 0) is 93.0 Å². The standard InChI is InChI=1S/C25H30N2O/c1-25(2,3)27-24(28)18-11-12-20-19(14-18)21-16-9-10-17(13-16)22(21)23(26-20)15-7-5-4-6-8-15/h4-8,11-12,14,16-17,21-23,26H,9-10,13H2,1-3H3,(H,27,28)/t16-,17-,21+,22-,23+/m0/s1. The van der Waals surface area contributed by atoms with E-state index in [1.807, 2.05) is 26.8 Å². The van der Waals surface area contributed by atoms with Crippen molar-refractivity contribution in [2.75, 3.05) is 5.32 Å². The zero-order chi connectivity index (χ0) is 19.5. The number of hydrogen-bond acceptors (Lipinski definition) is 2. The van der Waals surface area contributed by atoms with Crippen molar-refractivity contribution in [1.29, 1.82) is 0 Å². The van der Waals surface area contributed by atoms with Gasteiger partial charge in [0, 0.05) is 16.8 Å². The third kappa shape index (κ3) is 2.92. The summed E-state index contributed by atoms with van der Waals surface area (Å²) in [6.07, 6.45) is 4.04. The van der Waals surface area contributed by atoms with Gasteiger partial charge in [0.25, 0.3) is 5.91 Å². The van der Waals surface area contributed by atoms with Gasteiger partial charge in [0.15, 0.2) is 0 Å². The number of nitrogens with one attached hydrogen (secondary N) is 2. The van der Waals surface area contributed by atoms with Gasteiger partial charge in [-0.15, -0.1) is 0 Å². The molecule has 0 unspecified atom stereocenters. The van der Waals surface area contributed by atoms with E-state index in [9.17, 15) is 4.79 Å². The highest BCUT2D eigenvalue weighted by Gasteiger charge is 2.53. The van der Waals surface area contributed by atoms with Crippen molar-refractivity contribution in [1.82, 2.24) is 5.32 Å². The Hall–Kier alpha value is -2.29. The fraction of sp³-hybridized carbons (Fsp3) is 0.480. The number of carbonyl (C=O) groups is 1. The number of hydrogen-bond donors (Lipinski definition) is 2. The van der Waals surface area contributed by atoms with Crippen LogP contribution >= 0.6 is 0 Å². The van der Waals surface area contributed by atoms with Gasteiger partial charge in [-0.2, -0.15) is 0 Å². The summed E-state index contributed by atoms with van der Waals surface area (Å²) in [5, 5.41) is 6.96. The molecule has 2 N–H and O–H groups in total. The minimum atomic E-state index is -0.224. The summed E-state index contributed by atoms with van der Waals surface area (Å²) >= 11 is 0. The summed E-state index contributed by atoms with van der Waals surface area (Å²) in [6.45, 7) is 6.09. The van der Waals surface area contributed by atoms with Crippen LogP contribution in [0.15, 0.2) is 48.5 Å². The van der Waals surface area contributed by atoms with Crippen LogP contribution in [-0.2, 0) is 0 Å². The van der Waals surface area contributed by atoms with Gasteiger partial charge >= 0.3 is 0 Å². The maximum absolute atomic E-state index is 12.8. The molecule has 0 radical (unpaired) electrons. The molecule has 2 aromatic rings. The molecular formula is C25H30N2O. The molecule has 5 atom stereocenters. The van der Waals surface area contributed by atoms with Crippen LogP contribution in [0.4, 0.5) is 5.69 Å². The van der Waals surface area contributed by atoms with E-state index >= 15 is 0 Å². The SMILES string of the molecule is CC(C)(C)NC(=O)c1ccc2c(c1)[C@H]1[C@H]3CC[C@@H](C3)[C@@H]1[C@@H](c1ccccc1)N2.